The van der Waals surface area contributed by atoms with E-state index >= 15 is 0 Å². The van der Waals surface area contributed by atoms with Crippen LogP contribution in [-0.2, 0) is 6.54 Å². The van der Waals surface area contributed by atoms with Crippen LogP contribution in [0, 0.1) is 5.82 Å². The maximum Gasteiger partial charge on any atom is 0.289 e. The first kappa shape index (κ1) is 20.5. The number of aromatic nitrogens is 4. The summed E-state index contributed by atoms with van der Waals surface area (Å²) in [5, 5.41) is 14.5. The van der Waals surface area contributed by atoms with Gasteiger partial charge in [0.05, 0.1) is 12.8 Å². The minimum atomic E-state index is -0.274. The number of hydrogen-bond acceptors (Lipinski definition) is 7. The van der Waals surface area contributed by atoms with Gasteiger partial charge in [-0.1, -0.05) is 18.2 Å². The van der Waals surface area contributed by atoms with E-state index < -0.39 is 0 Å². The van der Waals surface area contributed by atoms with Gasteiger partial charge < -0.3 is 9.32 Å². The number of tetrazole rings is 1. The summed E-state index contributed by atoms with van der Waals surface area (Å²) in [6, 6.07) is 13.7. The first-order valence-corrected chi connectivity index (χ1v) is 11.2. The van der Waals surface area contributed by atoms with E-state index in [-0.39, 0.29) is 17.8 Å². The van der Waals surface area contributed by atoms with E-state index in [2.05, 4.69) is 26.5 Å². The lowest BCUT2D eigenvalue weighted by Crippen LogP contribution is -2.50. The number of benzene rings is 1. The van der Waals surface area contributed by atoms with E-state index in [9.17, 15) is 9.18 Å². The molecular weight excluding hydrogens is 431 g/mol. The molecule has 32 heavy (non-hydrogen) atoms. The molecule has 0 saturated carbocycles. The maximum atomic E-state index is 13.3. The summed E-state index contributed by atoms with van der Waals surface area (Å²) < 4.78 is 20.3. The summed E-state index contributed by atoms with van der Waals surface area (Å²) in [5.41, 5.74) is 0.916. The van der Waals surface area contributed by atoms with Crippen molar-refractivity contribution in [2.45, 2.75) is 12.6 Å². The van der Waals surface area contributed by atoms with Gasteiger partial charge in [0.1, 0.15) is 11.9 Å². The zero-order valence-electron chi connectivity index (χ0n) is 17.2. The van der Waals surface area contributed by atoms with Gasteiger partial charge in [0.2, 0.25) is 0 Å². The maximum absolute atomic E-state index is 13.3. The average Bonchev–Trinajstić information content (AvgIpc) is 3.60. The van der Waals surface area contributed by atoms with Crippen molar-refractivity contribution in [2.75, 3.05) is 26.2 Å². The third kappa shape index (κ3) is 4.19. The summed E-state index contributed by atoms with van der Waals surface area (Å²) in [6.07, 6.45) is 1.51. The Morgan fingerprint density at radius 1 is 1.09 bits per heavy atom. The van der Waals surface area contributed by atoms with E-state index in [1.54, 1.807) is 40.3 Å². The average molecular weight is 453 g/mol. The van der Waals surface area contributed by atoms with Gasteiger partial charge in [0, 0.05) is 31.1 Å². The molecule has 0 N–H and O–H groups in total. The molecule has 0 bridgehead atoms. The van der Waals surface area contributed by atoms with Crippen LogP contribution in [0.2, 0.25) is 0 Å². The van der Waals surface area contributed by atoms with Crippen LogP contribution in [-0.4, -0.2) is 62.1 Å². The summed E-state index contributed by atoms with van der Waals surface area (Å²) >= 11 is 1.65. The van der Waals surface area contributed by atoms with Crippen LogP contribution in [0.1, 0.15) is 32.9 Å². The van der Waals surface area contributed by atoms with Crippen LogP contribution >= 0.6 is 11.3 Å². The first-order valence-electron chi connectivity index (χ1n) is 10.3. The Morgan fingerprint density at radius 2 is 1.91 bits per heavy atom. The molecule has 1 saturated heterocycles. The monoisotopic (exact) mass is 452 g/mol. The Kier molecular flexibility index (Phi) is 5.78. The second kappa shape index (κ2) is 9.01. The van der Waals surface area contributed by atoms with E-state index in [4.69, 9.17) is 4.42 Å². The molecule has 1 atom stereocenters. The fraction of sp³-hybridized carbons (Fsp3) is 0.273. The minimum absolute atomic E-state index is 0.0940. The molecule has 0 aliphatic carbocycles. The van der Waals surface area contributed by atoms with Gasteiger partial charge in [-0.05, 0) is 51.7 Å². The van der Waals surface area contributed by atoms with Gasteiger partial charge in [0.15, 0.2) is 11.6 Å². The highest BCUT2D eigenvalue weighted by molar-refractivity contribution is 7.10. The number of piperazine rings is 1. The zero-order valence-corrected chi connectivity index (χ0v) is 18.0. The number of carbonyl (C=O) groups excluding carboxylic acids is 1. The summed E-state index contributed by atoms with van der Waals surface area (Å²) in [4.78, 5) is 17.9. The first-order chi connectivity index (χ1) is 15.7. The van der Waals surface area contributed by atoms with Crippen LogP contribution in [0.25, 0.3) is 0 Å². The van der Waals surface area contributed by atoms with E-state index in [1.165, 1.54) is 18.4 Å². The molecule has 4 aromatic rings. The van der Waals surface area contributed by atoms with Crippen molar-refractivity contribution in [1.29, 1.82) is 0 Å². The molecule has 0 spiro atoms. The highest BCUT2D eigenvalue weighted by Crippen LogP contribution is 2.31. The van der Waals surface area contributed by atoms with Crippen molar-refractivity contribution in [2.24, 2.45) is 0 Å². The van der Waals surface area contributed by atoms with Crippen molar-refractivity contribution < 1.29 is 13.6 Å². The smallest absolute Gasteiger partial charge is 0.289 e. The predicted octanol–water partition coefficient (Wildman–Crippen LogP) is 3.06. The van der Waals surface area contributed by atoms with Gasteiger partial charge in [-0.2, -0.15) is 0 Å². The normalized spacial score (nSPS) is 15.7. The fourth-order valence-electron chi connectivity index (χ4n) is 3.94. The fourth-order valence-corrected chi connectivity index (χ4v) is 4.79. The van der Waals surface area contributed by atoms with Crippen molar-refractivity contribution in [3.63, 3.8) is 0 Å². The largest absolute Gasteiger partial charge is 0.459 e. The molecule has 1 aliphatic heterocycles. The Hall–Kier alpha value is -3.37. The second-order valence-corrected chi connectivity index (χ2v) is 8.52. The lowest BCUT2D eigenvalue weighted by Gasteiger charge is -2.38. The van der Waals surface area contributed by atoms with Gasteiger partial charge >= 0.3 is 0 Å². The second-order valence-electron chi connectivity index (χ2n) is 7.54. The lowest BCUT2D eigenvalue weighted by atomic mass is 10.1. The number of carbonyl (C=O) groups is 1. The Balaban J connectivity index is 1.37. The lowest BCUT2D eigenvalue weighted by molar-refractivity contribution is 0.0562. The molecular formula is C22H21FN6O2S. The summed E-state index contributed by atoms with van der Waals surface area (Å²) in [7, 11) is 0. The van der Waals surface area contributed by atoms with Gasteiger partial charge in [-0.3, -0.25) is 9.69 Å². The van der Waals surface area contributed by atoms with Crippen LogP contribution < -0.4 is 0 Å². The SMILES string of the molecule is O=C(c1ccco1)N1CCN([C@@H](c2cccs2)c2nnnn2Cc2ccc(F)cc2)CC1. The van der Waals surface area contributed by atoms with Crippen molar-refractivity contribution in [1.82, 2.24) is 30.0 Å². The van der Waals surface area contributed by atoms with Crippen LogP contribution in [0.4, 0.5) is 4.39 Å². The van der Waals surface area contributed by atoms with Gasteiger partial charge in [-0.15, -0.1) is 16.4 Å². The number of halogens is 1. The summed E-state index contributed by atoms with van der Waals surface area (Å²) in [6.45, 7) is 2.97. The number of hydrogen-bond donors (Lipinski definition) is 0. The molecule has 1 fully saturated rings. The molecule has 5 rings (SSSR count). The minimum Gasteiger partial charge on any atom is -0.459 e. The van der Waals surface area contributed by atoms with Crippen molar-refractivity contribution >= 4 is 17.2 Å². The van der Waals surface area contributed by atoms with Crippen LogP contribution in [0.5, 0.6) is 0 Å². The number of amides is 1. The molecule has 164 valence electrons. The topological polar surface area (TPSA) is 80.3 Å². The quantitative estimate of drug-likeness (QED) is 0.447. The van der Waals surface area contributed by atoms with Crippen molar-refractivity contribution in [3.05, 3.63) is 88.0 Å². The Labute approximate surface area is 187 Å². The molecule has 0 radical (unpaired) electrons. The standard InChI is InChI=1S/C22H21FN6O2S/c23-17-7-5-16(6-8-17)15-29-21(24-25-26-29)20(19-4-2-14-32-19)27-9-11-28(12-10-27)22(30)18-3-1-13-31-18/h1-8,13-14,20H,9-12,15H2/t20-/m0/s1. The van der Waals surface area contributed by atoms with Crippen molar-refractivity contribution in [3.8, 4) is 0 Å². The van der Waals surface area contributed by atoms with Gasteiger partial charge in [0.25, 0.3) is 5.91 Å². The molecule has 1 amide bonds. The Morgan fingerprint density at radius 3 is 2.59 bits per heavy atom. The van der Waals surface area contributed by atoms with Crippen LogP contribution in [0.15, 0.2) is 64.6 Å². The number of nitrogens with zero attached hydrogens (tertiary/aromatic N) is 6. The highest BCUT2D eigenvalue weighted by atomic mass is 32.1. The predicted molar refractivity (Wildman–Crippen MR) is 116 cm³/mol. The van der Waals surface area contributed by atoms with E-state index in [1.807, 2.05) is 16.3 Å². The summed E-state index contributed by atoms with van der Waals surface area (Å²) in [5.74, 6) is 0.715. The molecule has 0 unspecified atom stereocenters. The zero-order chi connectivity index (χ0) is 21.9. The molecule has 10 heteroatoms. The number of thiophene rings is 1. The Bertz CT molecular complexity index is 1150. The molecule has 3 aromatic heterocycles. The third-order valence-electron chi connectivity index (χ3n) is 5.56. The molecule has 1 aliphatic rings. The van der Waals surface area contributed by atoms with E-state index in [0.717, 1.165) is 16.3 Å². The third-order valence-corrected chi connectivity index (χ3v) is 6.49. The molecule has 8 nitrogen and oxygen atoms in total. The number of furan rings is 1. The molecule has 1 aromatic carbocycles. The van der Waals surface area contributed by atoms with Gasteiger partial charge in [-0.25, -0.2) is 9.07 Å². The number of rotatable bonds is 6. The highest BCUT2D eigenvalue weighted by Gasteiger charge is 2.33. The molecule has 4 heterocycles. The van der Waals surface area contributed by atoms with E-state index in [0.29, 0.717) is 38.5 Å². The van der Waals surface area contributed by atoms with Crippen LogP contribution in [0.3, 0.4) is 0 Å².